The van der Waals surface area contributed by atoms with E-state index in [1.165, 1.54) is 19.3 Å². The number of guanidine groups is 1. The van der Waals surface area contributed by atoms with Gasteiger partial charge in [0.15, 0.2) is 5.96 Å². The van der Waals surface area contributed by atoms with E-state index in [0.717, 1.165) is 51.5 Å². The van der Waals surface area contributed by atoms with Gasteiger partial charge in [0.1, 0.15) is 0 Å². The highest BCUT2D eigenvalue weighted by molar-refractivity contribution is 14.0. The summed E-state index contributed by atoms with van der Waals surface area (Å²) < 4.78 is 15.6. The topological polar surface area (TPSA) is 64.1 Å². The lowest BCUT2D eigenvalue weighted by molar-refractivity contribution is 0.0688. The fourth-order valence-electron chi connectivity index (χ4n) is 2.78. The van der Waals surface area contributed by atoms with E-state index in [1.54, 1.807) is 14.2 Å². The Hall–Kier alpha value is -0.120. The molecule has 144 valence electrons. The van der Waals surface area contributed by atoms with Gasteiger partial charge in [0.25, 0.3) is 0 Å². The van der Waals surface area contributed by atoms with Crippen LogP contribution in [0.5, 0.6) is 0 Å². The van der Waals surface area contributed by atoms with Crippen LogP contribution in [-0.4, -0.2) is 66.7 Å². The van der Waals surface area contributed by atoms with Crippen molar-refractivity contribution in [3.05, 3.63) is 0 Å². The quantitative estimate of drug-likeness (QED) is 0.193. The maximum absolute atomic E-state index is 5.45. The summed E-state index contributed by atoms with van der Waals surface area (Å²) in [4.78, 5) is 4.30. The number of nitrogens with one attached hydrogen (secondary N) is 2. The number of halogens is 1. The predicted octanol–water partition coefficient (Wildman–Crippen LogP) is 2.42. The Morgan fingerprint density at radius 1 is 1.00 bits per heavy atom. The average Bonchev–Trinajstić information content (AvgIpc) is 2.53. The zero-order chi connectivity index (χ0) is 16.8. The van der Waals surface area contributed by atoms with Crippen molar-refractivity contribution >= 4 is 29.9 Å². The van der Waals surface area contributed by atoms with Crippen LogP contribution < -0.4 is 10.6 Å². The number of nitrogens with zero attached hydrogens (tertiary/aromatic N) is 1. The Labute approximate surface area is 164 Å². The summed E-state index contributed by atoms with van der Waals surface area (Å²) in [5.41, 5.74) is 0.406. The minimum absolute atomic E-state index is 0. The van der Waals surface area contributed by atoms with Gasteiger partial charge in [0.05, 0.1) is 13.2 Å². The van der Waals surface area contributed by atoms with Crippen LogP contribution >= 0.6 is 24.0 Å². The molecule has 0 unspecified atom stereocenters. The van der Waals surface area contributed by atoms with Gasteiger partial charge in [-0.2, -0.15) is 0 Å². The van der Waals surface area contributed by atoms with Gasteiger partial charge in [-0.1, -0.05) is 6.42 Å². The molecule has 1 rings (SSSR count). The normalized spacial score (nSPS) is 16.2. The highest BCUT2D eigenvalue weighted by Gasteiger charge is 2.36. The summed E-state index contributed by atoms with van der Waals surface area (Å²) >= 11 is 0. The van der Waals surface area contributed by atoms with Crippen LogP contribution in [0.2, 0.25) is 0 Å². The van der Waals surface area contributed by atoms with Crippen LogP contribution in [0, 0.1) is 5.41 Å². The number of aliphatic imine (C=N–C) groups is 1. The first kappa shape index (κ1) is 23.9. The van der Waals surface area contributed by atoms with Crippen molar-refractivity contribution in [2.75, 3.05) is 60.8 Å². The van der Waals surface area contributed by atoms with E-state index < -0.39 is 0 Å². The second kappa shape index (κ2) is 15.2. The molecule has 0 bridgehead atoms. The molecule has 0 saturated heterocycles. The molecule has 0 radical (unpaired) electrons. The van der Waals surface area contributed by atoms with E-state index in [1.807, 2.05) is 7.05 Å². The van der Waals surface area contributed by atoms with Gasteiger partial charge in [0.2, 0.25) is 0 Å². The summed E-state index contributed by atoms with van der Waals surface area (Å²) in [7, 11) is 5.29. The Bertz CT molecular complexity index is 326. The molecule has 7 heteroatoms. The van der Waals surface area contributed by atoms with Crippen molar-refractivity contribution in [1.82, 2.24) is 10.6 Å². The second-order valence-corrected chi connectivity index (χ2v) is 6.26. The van der Waals surface area contributed by atoms with Gasteiger partial charge in [-0.05, 0) is 37.5 Å². The second-order valence-electron chi connectivity index (χ2n) is 6.26. The van der Waals surface area contributed by atoms with Crippen LogP contribution in [0.3, 0.4) is 0 Å². The smallest absolute Gasteiger partial charge is 0.190 e. The van der Waals surface area contributed by atoms with E-state index in [-0.39, 0.29) is 24.0 Å². The van der Waals surface area contributed by atoms with E-state index in [9.17, 15) is 0 Å². The van der Waals surface area contributed by atoms with Crippen LogP contribution in [0.25, 0.3) is 0 Å². The number of unbranched alkanes of at least 4 members (excludes halogenated alkanes) is 1. The average molecular weight is 457 g/mol. The first-order valence-corrected chi connectivity index (χ1v) is 8.76. The van der Waals surface area contributed by atoms with E-state index in [2.05, 4.69) is 15.6 Å². The Morgan fingerprint density at radius 2 is 1.75 bits per heavy atom. The van der Waals surface area contributed by atoms with Crippen molar-refractivity contribution in [2.24, 2.45) is 10.4 Å². The van der Waals surface area contributed by atoms with Gasteiger partial charge in [-0.15, -0.1) is 24.0 Å². The summed E-state index contributed by atoms with van der Waals surface area (Å²) in [5, 5.41) is 6.85. The first-order valence-electron chi connectivity index (χ1n) is 8.76. The molecule has 1 fully saturated rings. The molecule has 24 heavy (non-hydrogen) atoms. The number of ether oxygens (including phenoxy) is 3. The van der Waals surface area contributed by atoms with Crippen molar-refractivity contribution in [2.45, 2.75) is 38.5 Å². The molecular formula is C17H36IN3O3. The maximum atomic E-state index is 5.45. The van der Waals surface area contributed by atoms with E-state index in [4.69, 9.17) is 14.2 Å². The van der Waals surface area contributed by atoms with Gasteiger partial charge >= 0.3 is 0 Å². The van der Waals surface area contributed by atoms with Crippen LogP contribution in [-0.2, 0) is 14.2 Å². The molecule has 0 aromatic heterocycles. The molecule has 0 amide bonds. The van der Waals surface area contributed by atoms with Gasteiger partial charge in [0, 0.05) is 47.6 Å². The highest BCUT2D eigenvalue weighted by Crippen LogP contribution is 2.43. The lowest BCUT2D eigenvalue weighted by Crippen LogP contribution is -2.47. The van der Waals surface area contributed by atoms with E-state index >= 15 is 0 Å². The Morgan fingerprint density at radius 3 is 2.33 bits per heavy atom. The first-order chi connectivity index (χ1) is 11.3. The molecule has 1 aliphatic rings. The zero-order valence-corrected chi connectivity index (χ0v) is 17.9. The molecule has 0 atom stereocenters. The molecule has 0 spiro atoms. The molecule has 6 nitrogen and oxygen atoms in total. The lowest BCUT2D eigenvalue weighted by Gasteiger charge is -2.42. The third-order valence-corrected chi connectivity index (χ3v) is 4.54. The summed E-state index contributed by atoms with van der Waals surface area (Å²) in [5.74, 6) is 0.897. The van der Waals surface area contributed by atoms with Gasteiger partial charge < -0.3 is 24.8 Å². The number of hydrogen-bond donors (Lipinski definition) is 2. The molecule has 0 aromatic carbocycles. The minimum atomic E-state index is 0. The van der Waals surface area contributed by atoms with Gasteiger partial charge in [-0.25, -0.2) is 0 Å². The predicted molar refractivity (Wildman–Crippen MR) is 109 cm³/mol. The van der Waals surface area contributed by atoms with Crippen LogP contribution in [0.15, 0.2) is 4.99 Å². The molecule has 2 N–H and O–H groups in total. The largest absolute Gasteiger partial charge is 0.385 e. The van der Waals surface area contributed by atoms with Crippen LogP contribution in [0.4, 0.5) is 0 Å². The molecule has 0 aliphatic heterocycles. The highest BCUT2D eigenvalue weighted by atomic mass is 127. The third kappa shape index (κ3) is 10.0. The van der Waals surface area contributed by atoms with Crippen LogP contribution in [0.1, 0.15) is 38.5 Å². The summed E-state index contributed by atoms with van der Waals surface area (Å²) in [6.07, 6.45) is 7.17. The van der Waals surface area contributed by atoms with E-state index in [0.29, 0.717) is 18.6 Å². The number of hydrogen-bond acceptors (Lipinski definition) is 4. The standard InChI is InChI=1S/C17H35N3O3.HI/c1-18-16(19-10-4-5-11-23-14-13-22-3)20-15-17(7-6-8-17)9-12-21-2;/h4-15H2,1-3H3,(H2,18,19,20);1H. The van der Waals surface area contributed by atoms with Gasteiger partial charge in [-0.3, -0.25) is 4.99 Å². The molecule has 1 aliphatic carbocycles. The monoisotopic (exact) mass is 457 g/mol. The summed E-state index contributed by atoms with van der Waals surface area (Å²) in [6, 6.07) is 0. The summed E-state index contributed by atoms with van der Waals surface area (Å²) in [6.45, 7) is 4.87. The minimum Gasteiger partial charge on any atom is -0.385 e. The molecule has 0 heterocycles. The molecular weight excluding hydrogens is 421 g/mol. The fraction of sp³-hybridized carbons (Fsp3) is 0.941. The van der Waals surface area contributed by atoms with Crippen molar-refractivity contribution in [3.8, 4) is 0 Å². The third-order valence-electron chi connectivity index (χ3n) is 4.54. The zero-order valence-electron chi connectivity index (χ0n) is 15.6. The van der Waals surface area contributed by atoms with Crippen molar-refractivity contribution in [1.29, 1.82) is 0 Å². The Kier molecular flexibility index (Phi) is 15.1. The SMILES string of the molecule is CN=C(NCCCCOCCOC)NCC1(CCOC)CCC1.I. The lowest BCUT2D eigenvalue weighted by atomic mass is 9.67. The Balaban J connectivity index is 0.00000529. The van der Waals surface area contributed by atoms with Crippen molar-refractivity contribution in [3.63, 3.8) is 0 Å². The van der Waals surface area contributed by atoms with Crippen molar-refractivity contribution < 1.29 is 14.2 Å². The molecule has 1 saturated carbocycles. The maximum Gasteiger partial charge on any atom is 0.190 e. The number of methoxy groups -OCH3 is 2. The fourth-order valence-corrected chi connectivity index (χ4v) is 2.78. The molecule has 0 aromatic rings. The number of rotatable bonds is 13.